The SMILES string of the molecule is CCC(CC(=O)N(CCO)C1CC1)c1ccccc1. The highest BCUT2D eigenvalue weighted by molar-refractivity contribution is 5.77. The summed E-state index contributed by atoms with van der Waals surface area (Å²) in [6.45, 7) is 2.66. The minimum atomic E-state index is 0.0599. The number of hydrogen-bond donors (Lipinski definition) is 1. The van der Waals surface area contributed by atoms with Crippen LogP contribution in [-0.2, 0) is 4.79 Å². The van der Waals surface area contributed by atoms with E-state index < -0.39 is 0 Å². The van der Waals surface area contributed by atoms with Crippen LogP contribution in [0.1, 0.15) is 44.1 Å². The van der Waals surface area contributed by atoms with Crippen LogP contribution in [0.2, 0.25) is 0 Å². The van der Waals surface area contributed by atoms with Crippen molar-refractivity contribution in [2.75, 3.05) is 13.2 Å². The molecule has 1 aromatic carbocycles. The van der Waals surface area contributed by atoms with Crippen molar-refractivity contribution >= 4 is 5.91 Å². The van der Waals surface area contributed by atoms with Crippen LogP contribution in [0.3, 0.4) is 0 Å². The Labute approximate surface area is 115 Å². The Morgan fingerprint density at radius 2 is 2.05 bits per heavy atom. The molecule has 1 saturated carbocycles. The van der Waals surface area contributed by atoms with Crippen LogP contribution in [0.15, 0.2) is 30.3 Å². The number of amides is 1. The quantitative estimate of drug-likeness (QED) is 0.819. The first-order valence-corrected chi connectivity index (χ1v) is 7.21. The molecule has 1 aliphatic carbocycles. The molecular weight excluding hydrogens is 238 g/mol. The highest BCUT2D eigenvalue weighted by Gasteiger charge is 2.32. The van der Waals surface area contributed by atoms with Gasteiger partial charge in [-0.05, 0) is 30.7 Å². The Bertz CT molecular complexity index is 400. The van der Waals surface area contributed by atoms with Crippen molar-refractivity contribution in [3.63, 3.8) is 0 Å². The summed E-state index contributed by atoms with van der Waals surface area (Å²) < 4.78 is 0. The first-order valence-electron chi connectivity index (χ1n) is 7.21. The fourth-order valence-electron chi connectivity index (χ4n) is 2.56. The predicted octanol–water partition coefficient (Wildman–Crippen LogP) is 2.55. The molecular formula is C16H23NO2. The van der Waals surface area contributed by atoms with Gasteiger partial charge in [0.2, 0.25) is 5.91 Å². The van der Waals surface area contributed by atoms with Gasteiger partial charge in [0.05, 0.1) is 6.61 Å². The predicted molar refractivity (Wildman–Crippen MR) is 75.9 cm³/mol. The summed E-state index contributed by atoms with van der Waals surface area (Å²) in [7, 11) is 0. The summed E-state index contributed by atoms with van der Waals surface area (Å²) in [5.74, 6) is 0.473. The van der Waals surface area contributed by atoms with Crippen molar-refractivity contribution in [1.82, 2.24) is 4.90 Å². The van der Waals surface area contributed by atoms with Crippen LogP contribution < -0.4 is 0 Å². The molecule has 1 amide bonds. The lowest BCUT2D eigenvalue weighted by molar-refractivity contribution is -0.132. The van der Waals surface area contributed by atoms with Gasteiger partial charge in [0.1, 0.15) is 0 Å². The van der Waals surface area contributed by atoms with E-state index in [1.165, 1.54) is 5.56 Å². The minimum Gasteiger partial charge on any atom is -0.395 e. The molecule has 1 fully saturated rings. The smallest absolute Gasteiger partial charge is 0.223 e. The molecule has 1 unspecified atom stereocenters. The zero-order valence-corrected chi connectivity index (χ0v) is 11.6. The first-order chi connectivity index (χ1) is 9.26. The largest absolute Gasteiger partial charge is 0.395 e. The van der Waals surface area contributed by atoms with Crippen LogP contribution in [0.5, 0.6) is 0 Å². The van der Waals surface area contributed by atoms with Crippen molar-refractivity contribution in [1.29, 1.82) is 0 Å². The summed E-state index contributed by atoms with van der Waals surface area (Å²) in [5, 5.41) is 9.08. The Morgan fingerprint density at radius 1 is 1.37 bits per heavy atom. The maximum atomic E-state index is 12.4. The summed E-state index contributed by atoms with van der Waals surface area (Å²) in [5.41, 5.74) is 1.23. The van der Waals surface area contributed by atoms with Crippen molar-refractivity contribution in [3.05, 3.63) is 35.9 Å². The molecule has 0 saturated heterocycles. The zero-order chi connectivity index (χ0) is 13.7. The van der Waals surface area contributed by atoms with E-state index in [0.717, 1.165) is 19.3 Å². The van der Waals surface area contributed by atoms with Gasteiger partial charge in [0.25, 0.3) is 0 Å². The maximum Gasteiger partial charge on any atom is 0.223 e. The van der Waals surface area contributed by atoms with E-state index in [4.69, 9.17) is 5.11 Å². The van der Waals surface area contributed by atoms with Gasteiger partial charge in [0.15, 0.2) is 0 Å². The molecule has 1 aromatic rings. The van der Waals surface area contributed by atoms with E-state index in [1.54, 1.807) is 0 Å². The number of benzene rings is 1. The third kappa shape index (κ3) is 3.80. The first kappa shape index (κ1) is 14.1. The molecule has 0 aliphatic heterocycles. The summed E-state index contributed by atoms with van der Waals surface area (Å²) in [6.07, 6.45) is 3.70. The second-order valence-electron chi connectivity index (χ2n) is 5.26. The van der Waals surface area contributed by atoms with Crippen LogP contribution >= 0.6 is 0 Å². The number of hydrogen-bond acceptors (Lipinski definition) is 2. The van der Waals surface area contributed by atoms with Crippen molar-refractivity contribution in [2.45, 2.75) is 44.6 Å². The van der Waals surface area contributed by atoms with E-state index >= 15 is 0 Å². The normalized spacial score (nSPS) is 16.1. The van der Waals surface area contributed by atoms with Gasteiger partial charge in [0, 0.05) is 19.0 Å². The van der Waals surface area contributed by atoms with Crippen LogP contribution in [0.25, 0.3) is 0 Å². The average Bonchev–Trinajstić information content (AvgIpc) is 3.27. The Morgan fingerprint density at radius 3 is 2.58 bits per heavy atom. The molecule has 3 nitrogen and oxygen atoms in total. The van der Waals surface area contributed by atoms with E-state index in [0.29, 0.717) is 19.0 Å². The van der Waals surface area contributed by atoms with Gasteiger partial charge in [-0.15, -0.1) is 0 Å². The Balaban J connectivity index is 1.99. The van der Waals surface area contributed by atoms with Crippen molar-refractivity contribution in [2.24, 2.45) is 0 Å². The summed E-state index contributed by atoms with van der Waals surface area (Å²) in [6, 6.07) is 10.6. The fourth-order valence-corrected chi connectivity index (χ4v) is 2.56. The average molecular weight is 261 g/mol. The Kier molecular flexibility index (Phi) is 4.97. The molecule has 0 radical (unpaired) electrons. The van der Waals surface area contributed by atoms with E-state index in [1.807, 2.05) is 23.1 Å². The zero-order valence-electron chi connectivity index (χ0n) is 11.6. The third-order valence-electron chi connectivity index (χ3n) is 3.83. The molecule has 104 valence electrons. The topological polar surface area (TPSA) is 40.5 Å². The number of aliphatic hydroxyl groups is 1. The molecule has 3 heteroatoms. The number of aliphatic hydroxyl groups excluding tert-OH is 1. The van der Waals surface area contributed by atoms with Gasteiger partial charge >= 0.3 is 0 Å². The van der Waals surface area contributed by atoms with E-state index in [2.05, 4.69) is 19.1 Å². The van der Waals surface area contributed by atoms with Crippen LogP contribution in [-0.4, -0.2) is 35.1 Å². The molecule has 0 bridgehead atoms. The molecule has 19 heavy (non-hydrogen) atoms. The lowest BCUT2D eigenvalue weighted by atomic mass is 9.92. The highest BCUT2D eigenvalue weighted by atomic mass is 16.3. The van der Waals surface area contributed by atoms with Crippen molar-refractivity contribution in [3.8, 4) is 0 Å². The van der Waals surface area contributed by atoms with Crippen LogP contribution in [0.4, 0.5) is 0 Å². The maximum absolute atomic E-state index is 12.4. The minimum absolute atomic E-state index is 0.0599. The number of carbonyl (C=O) groups excluding carboxylic acids is 1. The molecule has 1 atom stereocenters. The van der Waals surface area contributed by atoms with Gasteiger partial charge in [-0.3, -0.25) is 4.79 Å². The highest BCUT2D eigenvalue weighted by Crippen LogP contribution is 2.30. The Hall–Kier alpha value is -1.35. The van der Waals surface area contributed by atoms with Gasteiger partial charge in [-0.1, -0.05) is 37.3 Å². The standard InChI is InChI=1S/C16H23NO2/c1-2-13(14-6-4-3-5-7-14)12-16(19)17(10-11-18)15-8-9-15/h3-7,13,15,18H,2,8-12H2,1H3. The third-order valence-corrected chi connectivity index (χ3v) is 3.83. The van der Waals surface area contributed by atoms with Crippen LogP contribution in [0, 0.1) is 0 Å². The second-order valence-corrected chi connectivity index (χ2v) is 5.26. The number of nitrogens with zero attached hydrogens (tertiary/aromatic N) is 1. The monoisotopic (exact) mass is 261 g/mol. The lowest BCUT2D eigenvalue weighted by Gasteiger charge is -2.24. The van der Waals surface area contributed by atoms with Gasteiger partial charge < -0.3 is 10.0 Å². The number of carbonyl (C=O) groups is 1. The molecule has 0 aromatic heterocycles. The molecule has 1 aliphatic rings. The second kappa shape index (κ2) is 6.71. The van der Waals surface area contributed by atoms with Gasteiger partial charge in [-0.25, -0.2) is 0 Å². The summed E-state index contributed by atoms with van der Waals surface area (Å²) >= 11 is 0. The van der Waals surface area contributed by atoms with E-state index in [-0.39, 0.29) is 18.4 Å². The molecule has 0 spiro atoms. The van der Waals surface area contributed by atoms with Gasteiger partial charge in [-0.2, -0.15) is 0 Å². The molecule has 2 rings (SSSR count). The molecule has 0 heterocycles. The lowest BCUT2D eigenvalue weighted by Crippen LogP contribution is -2.36. The number of rotatable bonds is 7. The summed E-state index contributed by atoms with van der Waals surface area (Å²) in [4.78, 5) is 14.2. The molecule has 1 N–H and O–H groups in total. The fraction of sp³-hybridized carbons (Fsp3) is 0.562. The van der Waals surface area contributed by atoms with Crippen molar-refractivity contribution < 1.29 is 9.90 Å². The van der Waals surface area contributed by atoms with E-state index in [9.17, 15) is 4.79 Å².